The Hall–Kier alpha value is -2.03. The summed E-state index contributed by atoms with van der Waals surface area (Å²) in [5.41, 5.74) is -0.153. The average molecular weight is 427 g/mol. The van der Waals surface area contributed by atoms with E-state index in [2.05, 4.69) is 0 Å². The van der Waals surface area contributed by atoms with E-state index in [4.69, 9.17) is 14.2 Å². The number of hydrogen-bond acceptors (Lipinski definition) is 7. The van der Waals surface area contributed by atoms with E-state index in [1.807, 2.05) is 0 Å². The van der Waals surface area contributed by atoms with Crippen LogP contribution in [0.2, 0.25) is 0 Å². The molecule has 0 radical (unpaired) electrons. The van der Waals surface area contributed by atoms with Gasteiger partial charge in [-0.1, -0.05) is 0 Å². The van der Waals surface area contributed by atoms with Crippen LogP contribution in [-0.2, 0) is 28.6 Å². The molecule has 30 heavy (non-hydrogen) atoms. The SMILES string of the molecule is CCOC(=O)C1=CN2C3CC(C(=O)OCC)CCC3OC3C(F)C(F)CC(C1=O)C32. The number of nitrogens with zero attached hydrogens (tertiary/aromatic N) is 1. The minimum atomic E-state index is -1.84. The summed E-state index contributed by atoms with van der Waals surface area (Å²) in [7, 11) is 0. The lowest BCUT2D eigenvalue weighted by Crippen LogP contribution is -2.70. The topological polar surface area (TPSA) is 82.1 Å². The Kier molecular flexibility index (Phi) is 5.83. The van der Waals surface area contributed by atoms with Gasteiger partial charge < -0.3 is 19.1 Å². The molecular formula is C21H27F2NO6. The summed E-state index contributed by atoms with van der Waals surface area (Å²) in [5, 5.41) is 0. The highest BCUT2D eigenvalue weighted by Crippen LogP contribution is 2.47. The summed E-state index contributed by atoms with van der Waals surface area (Å²) in [4.78, 5) is 39.4. The summed E-state index contributed by atoms with van der Waals surface area (Å²) in [6, 6.07) is -1.04. The van der Waals surface area contributed by atoms with Gasteiger partial charge >= 0.3 is 11.9 Å². The maximum Gasteiger partial charge on any atom is 0.343 e. The zero-order valence-corrected chi connectivity index (χ0v) is 17.1. The first-order chi connectivity index (χ1) is 14.4. The molecule has 0 bridgehead atoms. The fourth-order valence-electron chi connectivity index (χ4n) is 5.38. The molecule has 3 fully saturated rings. The van der Waals surface area contributed by atoms with Crippen LogP contribution in [-0.4, -0.2) is 72.5 Å². The highest BCUT2D eigenvalue weighted by Gasteiger charge is 2.59. The first-order valence-corrected chi connectivity index (χ1v) is 10.7. The first kappa shape index (κ1) is 21.2. The Bertz CT molecular complexity index is 758. The zero-order valence-electron chi connectivity index (χ0n) is 17.1. The molecule has 9 heteroatoms. The number of carbonyl (C=O) groups is 3. The number of alkyl halides is 2. The zero-order chi connectivity index (χ0) is 21.6. The van der Waals surface area contributed by atoms with Crippen LogP contribution in [0.1, 0.15) is 39.5 Å². The van der Waals surface area contributed by atoms with Crippen molar-refractivity contribution in [3.8, 4) is 0 Å². The summed E-state index contributed by atoms with van der Waals surface area (Å²) >= 11 is 0. The van der Waals surface area contributed by atoms with Gasteiger partial charge in [-0.25, -0.2) is 13.6 Å². The molecule has 0 amide bonds. The maximum atomic E-state index is 14.8. The number of esters is 2. The van der Waals surface area contributed by atoms with Gasteiger partial charge in [0.2, 0.25) is 0 Å². The molecule has 0 aromatic heterocycles. The molecule has 2 saturated carbocycles. The third-order valence-corrected chi connectivity index (χ3v) is 6.70. The van der Waals surface area contributed by atoms with E-state index in [0.717, 1.165) is 0 Å². The van der Waals surface area contributed by atoms with Gasteiger partial charge in [-0.2, -0.15) is 0 Å². The molecule has 0 aromatic carbocycles. The van der Waals surface area contributed by atoms with Gasteiger partial charge in [0.15, 0.2) is 12.0 Å². The third-order valence-electron chi connectivity index (χ3n) is 6.70. The molecule has 1 saturated heterocycles. The number of rotatable bonds is 4. The molecule has 2 aliphatic heterocycles. The molecule has 0 N–H and O–H groups in total. The second kappa shape index (κ2) is 8.24. The van der Waals surface area contributed by atoms with Crippen molar-refractivity contribution in [1.29, 1.82) is 0 Å². The largest absolute Gasteiger partial charge is 0.466 e. The van der Waals surface area contributed by atoms with E-state index in [1.165, 1.54) is 6.20 Å². The number of ether oxygens (including phenoxy) is 3. The van der Waals surface area contributed by atoms with E-state index in [0.29, 0.717) is 19.3 Å². The van der Waals surface area contributed by atoms with E-state index >= 15 is 0 Å². The summed E-state index contributed by atoms with van der Waals surface area (Å²) in [5.74, 6) is -2.84. The van der Waals surface area contributed by atoms with Crippen molar-refractivity contribution in [3.63, 3.8) is 0 Å². The number of halogens is 2. The van der Waals surface area contributed by atoms with Gasteiger partial charge in [0.1, 0.15) is 17.8 Å². The van der Waals surface area contributed by atoms with Crippen LogP contribution in [0.3, 0.4) is 0 Å². The second-order valence-electron chi connectivity index (χ2n) is 8.34. The van der Waals surface area contributed by atoms with Gasteiger partial charge in [0.25, 0.3) is 0 Å². The first-order valence-electron chi connectivity index (χ1n) is 10.7. The normalized spacial score (nSPS) is 40.1. The predicted molar refractivity (Wildman–Crippen MR) is 99.7 cm³/mol. The highest BCUT2D eigenvalue weighted by molar-refractivity contribution is 6.18. The minimum absolute atomic E-state index is 0.0958. The van der Waals surface area contributed by atoms with Crippen molar-refractivity contribution in [3.05, 3.63) is 11.8 Å². The number of carbonyl (C=O) groups excluding carboxylic acids is 3. The van der Waals surface area contributed by atoms with Crippen LogP contribution in [0.5, 0.6) is 0 Å². The lowest BCUT2D eigenvalue weighted by molar-refractivity contribution is -0.214. The Morgan fingerprint density at radius 2 is 1.90 bits per heavy atom. The molecule has 2 heterocycles. The van der Waals surface area contributed by atoms with Crippen LogP contribution in [0.4, 0.5) is 8.78 Å². The lowest BCUT2D eigenvalue weighted by atomic mass is 9.70. The van der Waals surface area contributed by atoms with Crippen molar-refractivity contribution in [2.45, 2.75) is 76.2 Å². The molecule has 0 spiro atoms. The number of Topliss-reactive ketones (excluding diaryl/α,β-unsaturated/α-hetero) is 1. The van der Waals surface area contributed by atoms with Crippen LogP contribution in [0.15, 0.2) is 11.8 Å². The summed E-state index contributed by atoms with van der Waals surface area (Å²) in [6.45, 7) is 3.74. The molecule has 4 rings (SSSR count). The number of morpholine rings is 1. The van der Waals surface area contributed by atoms with Crippen LogP contribution in [0, 0.1) is 11.8 Å². The van der Waals surface area contributed by atoms with Crippen LogP contribution < -0.4 is 0 Å². The van der Waals surface area contributed by atoms with Gasteiger partial charge in [0.05, 0.1) is 37.3 Å². The lowest BCUT2D eigenvalue weighted by Gasteiger charge is -2.58. The van der Waals surface area contributed by atoms with E-state index < -0.39 is 48.3 Å². The fourth-order valence-corrected chi connectivity index (χ4v) is 5.38. The maximum absolute atomic E-state index is 14.8. The second-order valence-corrected chi connectivity index (χ2v) is 8.34. The highest BCUT2D eigenvalue weighted by atomic mass is 19.2. The van der Waals surface area contributed by atoms with Crippen molar-refractivity contribution >= 4 is 17.7 Å². The van der Waals surface area contributed by atoms with E-state index in [-0.39, 0.29) is 43.1 Å². The van der Waals surface area contributed by atoms with Gasteiger partial charge in [0, 0.05) is 12.1 Å². The summed E-state index contributed by atoms with van der Waals surface area (Å²) in [6.07, 6.45) is -2.67. The summed E-state index contributed by atoms with van der Waals surface area (Å²) < 4.78 is 45.4. The Labute approximate surface area is 173 Å². The third kappa shape index (κ3) is 3.40. The minimum Gasteiger partial charge on any atom is -0.466 e. The molecule has 8 atom stereocenters. The number of ketones is 1. The molecule has 166 valence electrons. The van der Waals surface area contributed by atoms with Crippen molar-refractivity contribution in [2.75, 3.05) is 13.2 Å². The molecule has 8 unspecified atom stereocenters. The number of fused-ring (bicyclic) bond motifs is 2. The molecular weight excluding hydrogens is 400 g/mol. The van der Waals surface area contributed by atoms with Gasteiger partial charge in [-0.05, 0) is 39.5 Å². The molecule has 7 nitrogen and oxygen atoms in total. The Morgan fingerprint density at radius 1 is 1.17 bits per heavy atom. The van der Waals surface area contributed by atoms with Crippen molar-refractivity contribution in [2.24, 2.45) is 11.8 Å². The van der Waals surface area contributed by atoms with Crippen molar-refractivity contribution < 1.29 is 37.4 Å². The number of hydrogen-bond donors (Lipinski definition) is 0. The average Bonchev–Trinajstić information content (AvgIpc) is 2.73. The van der Waals surface area contributed by atoms with E-state index in [1.54, 1.807) is 18.7 Å². The van der Waals surface area contributed by atoms with Gasteiger partial charge in [-0.15, -0.1) is 0 Å². The quantitative estimate of drug-likeness (QED) is 0.501. The standard InChI is InChI=1S/C21H27F2NO6/c1-3-28-20(26)10-5-6-15-14(7-10)24-9-12(21(27)29-4-2)18(25)11-8-13(22)16(23)19(30-15)17(11)24/h9-11,13-17,19H,3-8H2,1-2H3. The fraction of sp³-hybridized carbons (Fsp3) is 0.762. The van der Waals surface area contributed by atoms with Crippen LogP contribution in [0.25, 0.3) is 0 Å². The molecule has 4 aliphatic rings. The van der Waals surface area contributed by atoms with E-state index in [9.17, 15) is 23.2 Å². The predicted octanol–water partition coefficient (Wildman–Crippen LogP) is 1.88. The molecule has 2 aliphatic carbocycles. The monoisotopic (exact) mass is 427 g/mol. The smallest absolute Gasteiger partial charge is 0.343 e. The molecule has 0 aromatic rings. The van der Waals surface area contributed by atoms with Gasteiger partial charge in [-0.3, -0.25) is 9.59 Å². The Balaban J connectivity index is 1.70. The Morgan fingerprint density at radius 3 is 2.60 bits per heavy atom. The van der Waals surface area contributed by atoms with Crippen LogP contribution >= 0.6 is 0 Å². The van der Waals surface area contributed by atoms with Crippen molar-refractivity contribution in [1.82, 2.24) is 4.90 Å².